The van der Waals surface area contributed by atoms with Crippen LogP contribution in [0.4, 0.5) is 5.82 Å². The molecule has 2 N–H and O–H groups in total. The molecule has 1 aromatic heterocycles. The Morgan fingerprint density at radius 2 is 2.27 bits per heavy atom. The van der Waals surface area contributed by atoms with E-state index >= 15 is 0 Å². The minimum Gasteiger partial charge on any atom is -0.381 e. The maximum atomic E-state index is 5.96. The largest absolute Gasteiger partial charge is 0.381 e. The van der Waals surface area contributed by atoms with Crippen LogP contribution in [0.1, 0.15) is 25.7 Å². The van der Waals surface area contributed by atoms with E-state index in [2.05, 4.69) is 10.2 Å². The Morgan fingerprint density at radius 3 is 2.93 bits per heavy atom. The zero-order chi connectivity index (χ0) is 10.3. The number of aromatic nitrogens is 3. The van der Waals surface area contributed by atoms with Gasteiger partial charge in [-0.25, -0.2) is 0 Å². The van der Waals surface area contributed by atoms with Crippen molar-refractivity contribution < 1.29 is 4.74 Å². The second-order valence-corrected chi connectivity index (χ2v) is 4.54. The van der Waals surface area contributed by atoms with Crippen molar-refractivity contribution in [2.45, 2.75) is 44.4 Å². The first-order valence-electron chi connectivity index (χ1n) is 5.62. The summed E-state index contributed by atoms with van der Waals surface area (Å²) in [5.74, 6) is 1.32. The van der Waals surface area contributed by atoms with Gasteiger partial charge in [-0.1, -0.05) is 0 Å². The van der Waals surface area contributed by atoms with Gasteiger partial charge in [-0.15, -0.1) is 5.10 Å². The van der Waals surface area contributed by atoms with Gasteiger partial charge in [-0.3, -0.25) is 0 Å². The van der Waals surface area contributed by atoms with Crippen LogP contribution >= 0.6 is 0 Å². The first kappa shape index (κ1) is 9.15. The van der Waals surface area contributed by atoms with Crippen LogP contribution in [0.25, 0.3) is 0 Å². The Morgan fingerprint density at radius 1 is 1.40 bits per heavy atom. The minimum absolute atomic E-state index is 0.280. The average molecular weight is 208 g/mol. The molecule has 82 valence electrons. The van der Waals surface area contributed by atoms with E-state index in [1.165, 1.54) is 19.3 Å². The van der Waals surface area contributed by atoms with Crippen molar-refractivity contribution in [3.8, 4) is 0 Å². The monoisotopic (exact) mass is 208 g/mol. The maximum Gasteiger partial charge on any atom is 0.165 e. The molecule has 0 spiro atoms. The molecule has 2 aliphatic rings. The van der Waals surface area contributed by atoms with Crippen LogP contribution in [-0.2, 0) is 11.3 Å². The number of rotatable bonds is 3. The second-order valence-electron chi connectivity index (χ2n) is 4.54. The van der Waals surface area contributed by atoms with Crippen molar-refractivity contribution in [1.29, 1.82) is 0 Å². The molecule has 0 aromatic carbocycles. The van der Waals surface area contributed by atoms with Gasteiger partial charge in [0, 0.05) is 0 Å². The highest BCUT2D eigenvalue weighted by Crippen LogP contribution is 2.40. The molecule has 15 heavy (non-hydrogen) atoms. The molecule has 1 aliphatic heterocycles. The van der Waals surface area contributed by atoms with Crippen molar-refractivity contribution in [2.24, 2.45) is 5.92 Å². The Balaban J connectivity index is 1.56. The lowest BCUT2D eigenvalue weighted by atomic mass is 10.1. The lowest BCUT2D eigenvalue weighted by Crippen LogP contribution is -2.19. The minimum atomic E-state index is 0.280. The summed E-state index contributed by atoms with van der Waals surface area (Å²) in [6.07, 6.45) is 7.39. The van der Waals surface area contributed by atoms with Gasteiger partial charge in [0.25, 0.3) is 0 Å². The van der Waals surface area contributed by atoms with Gasteiger partial charge in [0.2, 0.25) is 0 Å². The molecule has 1 saturated carbocycles. The summed E-state index contributed by atoms with van der Waals surface area (Å²) >= 11 is 0. The van der Waals surface area contributed by atoms with Crippen LogP contribution in [0.5, 0.6) is 0 Å². The average Bonchev–Trinajstić information content (AvgIpc) is 2.84. The smallest absolute Gasteiger partial charge is 0.165 e. The number of anilines is 1. The molecule has 1 saturated heterocycles. The summed E-state index contributed by atoms with van der Waals surface area (Å²) in [5, 5.41) is 8.13. The van der Waals surface area contributed by atoms with Crippen molar-refractivity contribution in [3.05, 3.63) is 6.20 Å². The predicted molar refractivity (Wildman–Crippen MR) is 55.1 cm³/mol. The number of hydrogen-bond acceptors (Lipinski definition) is 4. The standard InChI is InChI=1S/C10H16N4O/c11-10-5-12-14(13-10)6-8-3-4-9(15-8)7-1-2-7/h5,7-9H,1-4,6H2,(H2,11,13). The fourth-order valence-corrected chi connectivity index (χ4v) is 2.26. The molecule has 5 nitrogen and oxygen atoms in total. The Labute approximate surface area is 88.6 Å². The third-order valence-electron chi connectivity index (χ3n) is 3.21. The summed E-state index contributed by atoms with van der Waals surface area (Å²) in [5.41, 5.74) is 5.50. The zero-order valence-corrected chi connectivity index (χ0v) is 8.67. The summed E-state index contributed by atoms with van der Waals surface area (Å²) in [6, 6.07) is 0. The van der Waals surface area contributed by atoms with E-state index in [0.717, 1.165) is 18.9 Å². The van der Waals surface area contributed by atoms with E-state index in [0.29, 0.717) is 11.9 Å². The van der Waals surface area contributed by atoms with E-state index in [-0.39, 0.29) is 6.10 Å². The molecule has 2 unspecified atom stereocenters. The lowest BCUT2D eigenvalue weighted by Gasteiger charge is -2.12. The predicted octanol–water partition coefficient (Wildman–Crippen LogP) is 0.818. The molecule has 0 radical (unpaired) electrons. The molecule has 1 aromatic rings. The zero-order valence-electron chi connectivity index (χ0n) is 8.67. The van der Waals surface area contributed by atoms with E-state index in [4.69, 9.17) is 10.5 Å². The van der Waals surface area contributed by atoms with E-state index in [9.17, 15) is 0 Å². The normalized spacial score (nSPS) is 30.9. The molecular weight excluding hydrogens is 192 g/mol. The first-order valence-corrected chi connectivity index (χ1v) is 5.62. The maximum absolute atomic E-state index is 5.96. The number of hydrogen-bond donors (Lipinski definition) is 1. The lowest BCUT2D eigenvalue weighted by molar-refractivity contribution is 0.0204. The highest BCUT2D eigenvalue weighted by molar-refractivity contribution is 5.19. The summed E-state index contributed by atoms with van der Waals surface area (Å²) in [6.45, 7) is 0.737. The molecular formula is C10H16N4O. The molecule has 0 amide bonds. The van der Waals surface area contributed by atoms with Gasteiger partial charge < -0.3 is 10.5 Å². The van der Waals surface area contributed by atoms with Gasteiger partial charge >= 0.3 is 0 Å². The summed E-state index contributed by atoms with van der Waals surface area (Å²) in [4.78, 5) is 1.63. The van der Waals surface area contributed by atoms with Crippen molar-refractivity contribution in [1.82, 2.24) is 15.0 Å². The fraction of sp³-hybridized carbons (Fsp3) is 0.800. The van der Waals surface area contributed by atoms with E-state index in [1.807, 2.05) is 0 Å². The Kier molecular flexibility index (Phi) is 2.12. The van der Waals surface area contributed by atoms with Gasteiger partial charge in [0.05, 0.1) is 24.9 Å². The highest BCUT2D eigenvalue weighted by atomic mass is 16.5. The first-order chi connectivity index (χ1) is 7.31. The molecule has 5 heteroatoms. The van der Waals surface area contributed by atoms with Crippen LogP contribution in [0.15, 0.2) is 6.20 Å². The van der Waals surface area contributed by atoms with Crippen LogP contribution in [-0.4, -0.2) is 27.2 Å². The number of ether oxygens (including phenoxy) is 1. The second kappa shape index (κ2) is 3.48. The van der Waals surface area contributed by atoms with Gasteiger partial charge in [0.15, 0.2) is 5.82 Å². The van der Waals surface area contributed by atoms with Crippen molar-refractivity contribution in [3.63, 3.8) is 0 Å². The third kappa shape index (κ3) is 1.97. The van der Waals surface area contributed by atoms with Crippen molar-refractivity contribution >= 4 is 5.82 Å². The van der Waals surface area contributed by atoms with Gasteiger partial charge in [-0.2, -0.15) is 9.90 Å². The number of nitrogens with zero attached hydrogens (tertiary/aromatic N) is 3. The third-order valence-corrected chi connectivity index (χ3v) is 3.21. The molecule has 2 fully saturated rings. The Bertz CT molecular complexity index is 347. The highest BCUT2D eigenvalue weighted by Gasteiger charge is 2.37. The van der Waals surface area contributed by atoms with Crippen LogP contribution in [0.3, 0.4) is 0 Å². The molecule has 2 heterocycles. The molecule has 2 atom stereocenters. The van der Waals surface area contributed by atoms with Crippen LogP contribution in [0, 0.1) is 5.92 Å². The number of nitrogen functional groups attached to an aromatic ring is 1. The summed E-state index contributed by atoms with van der Waals surface area (Å²) in [7, 11) is 0. The fourth-order valence-electron chi connectivity index (χ4n) is 2.26. The quantitative estimate of drug-likeness (QED) is 0.798. The topological polar surface area (TPSA) is 66.0 Å². The van der Waals surface area contributed by atoms with E-state index < -0.39 is 0 Å². The molecule has 3 rings (SSSR count). The van der Waals surface area contributed by atoms with Crippen LogP contribution in [0.2, 0.25) is 0 Å². The van der Waals surface area contributed by atoms with Gasteiger partial charge in [-0.05, 0) is 31.6 Å². The van der Waals surface area contributed by atoms with Crippen LogP contribution < -0.4 is 5.73 Å². The summed E-state index contributed by atoms with van der Waals surface area (Å²) < 4.78 is 5.96. The Hall–Kier alpha value is -1.10. The van der Waals surface area contributed by atoms with E-state index in [1.54, 1.807) is 11.0 Å². The molecule has 0 bridgehead atoms. The number of nitrogens with two attached hydrogens (primary N) is 1. The SMILES string of the molecule is Nc1cnn(CC2CCC(C3CC3)O2)n1. The molecule has 1 aliphatic carbocycles. The van der Waals surface area contributed by atoms with Crippen molar-refractivity contribution in [2.75, 3.05) is 5.73 Å². The van der Waals surface area contributed by atoms with Gasteiger partial charge in [0.1, 0.15) is 0 Å².